The van der Waals surface area contributed by atoms with E-state index in [4.69, 9.17) is 23.7 Å². The Kier molecular flexibility index (Phi) is 6.77. The molecule has 6 heteroatoms. The van der Waals surface area contributed by atoms with Crippen LogP contribution in [-0.4, -0.2) is 35.5 Å². The minimum Gasteiger partial charge on any atom is -0.497 e. The third-order valence-electron chi connectivity index (χ3n) is 3.90. The monoisotopic (exact) mass is 348 g/mol. The molecule has 0 bridgehead atoms. The maximum atomic E-state index is 5.39. The smallest absolute Gasteiger partial charge is 0.203 e. The van der Waals surface area contributed by atoms with Crippen LogP contribution in [0.5, 0.6) is 28.7 Å². The van der Waals surface area contributed by atoms with E-state index >= 15 is 0 Å². The van der Waals surface area contributed by atoms with Gasteiger partial charge in [-0.15, -0.1) is 0 Å². The number of hydrogen-bond donors (Lipinski definition) is 1. The Balaban J connectivity index is 2.09. The van der Waals surface area contributed by atoms with Gasteiger partial charge in [-0.05, 0) is 24.3 Å². The molecule has 136 valence electrons. The van der Waals surface area contributed by atoms with E-state index in [1.54, 1.807) is 35.5 Å². The van der Waals surface area contributed by atoms with Gasteiger partial charge in [-0.1, -0.05) is 0 Å². The van der Waals surface area contributed by atoms with Gasteiger partial charge in [-0.3, -0.25) is 0 Å². The van der Waals surface area contributed by atoms with Gasteiger partial charge in [-0.25, -0.2) is 0 Å². The number of nitrogens with two attached hydrogens (primary N) is 1. The van der Waals surface area contributed by atoms with Crippen LogP contribution in [0.15, 0.2) is 30.3 Å². The van der Waals surface area contributed by atoms with Crippen LogP contribution < -0.4 is 29.0 Å². The molecule has 0 spiro atoms. The molecule has 25 heavy (non-hydrogen) atoms. The van der Waals surface area contributed by atoms with Crippen molar-refractivity contribution < 1.29 is 29.0 Å². The molecule has 0 heterocycles. The zero-order chi connectivity index (χ0) is 18.2. The predicted molar refractivity (Wildman–Crippen MR) is 95.0 cm³/mol. The molecule has 2 rings (SSSR count). The summed E-state index contributed by atoms with van der Waals surface area (Å²) in [7, 11) is 8.14. The van der Waals surface area contributed by atoms with Gasteiger partial charge in [0, 0.05) is 17.2 Å². The molecule has 0 atom stereocenters. The maximum absolute atomic E-state index is 5.39. The predicted octanol–water partition coefficient (Wildman–Crippen LogP) is 1.99. The lowest BCUT2D eigenvalue weighted by Gasteiger charge is -2.14. The Morgan fingerprint density at radius 3 is 1.48 bits per heavy atom. The van der Waals surface area contributed by atoms with E-state index in [0.29, 0.717) is 17.2 Å². The Hall–Kier alpha value is -2.60. The first-order chi connectivity index (χ1) is 12.1. The van der Waals surface area contributed by atoms with Gasteiger partial charge in [0.15, 0.2) is 11.5 Å². The van der Waals surface area contributed by atoms with Gasteiger partial charge in [0.2, 0.25) is 5.75 Å². The number of ether oxygens (including phenoxy) is 5. The quantitative estimate of drug-likeness (QED) is 0.751. The molecule has 0 fully saturated rings. The SMILES string of the molecule is COc1cc(C[NH2+]Cc2cc(OC)c(OC)c(OC)c2)cc(OC)c1. The molecule has 2 N–H and O–H groups in total. The third-order valence-corrected chi connectivity index (χ3v) is 3.90. The van der Waals surface area contributed by atoms with E-state index in [1.807, 2.05) is 30.3 Å². The van der Waals surface area contributed by atoms with Crippen LogP contribution in [0.4, 0.5) is 0 Å². The van der Waals surface area contributed by atoms with Gasteiger partial charge < -0.3 is 29.0 Å². The Bertz CT molecular complexity index is 655. The van der Waals surface area contributed by atoms with Crippen molar-refractivity contribution in [2.24, 2.45) is 0 Å². The Morgan fingerprint density at radius 1 is 0.600 bits per heavy atom. The van der Waals surface area contributed by atoms with Crippen molar-refractivity contribution in [3.8, 4) is 28.7 Å². The summed E-state index contributed by atoms with van der Waals surface area (Å²) in [5, 5.41) is 2.19. The molecule has 0 aliphatic carbocycles. The van der Waals surface area contributed by atoms with Crippen molar-refractivity contribution in [2.45, 2.75) is 13.1 Å². The molecule has 0 aliphatic heterocycles. The van der Waals surface area contributed by atoms with Crippen LogP contribution >= 0.6 is 0 Å². The first kappa shape index (κ1) is 18.7. The van der Waals surface area contributed by atoms with Crippen molar-refractivity contribution in [3.63, 3.8) is 0 Å². The summed E-state index contributed by atoms with van der Waals surface area (Å²) in [6, 6.07) is 9.80. The second-order valence-corrected chi connectivity index (χ2v) is 5.45. The fraction of sp³-hybridized carbons (Fsp3) is 0.368. The van der Waals surface area contributed by atoms with Crippen LogP contribution in [0, 0.1) is 0 Å². The fourth-order valence-electron chi connectivity index (χ4n) is 2.64. The summed E-state index contributed by atoms with van der Waals surface area (Å²) in [4.78, 5) is 0. The number of benzene rings is 2. The summed E-state index contributed by atoms with van der Waals surface area (Å²) in [5.74, 6) is 3.50. The summed E-state index contributed by atoms with van der Waals surface area (Å²) in [5.41, 5.74) is 2.22. The van der Waals surface area contributed by atoms with Crippen molar-refractivity contribution in [3.05, 3.63) is 41.5 Å². The highest BCUT2D eigenvalue weighted by Gasteiger charge is 2.14. The molecule has 0 aromatic heterocycles. The molecule has 0 saturated heterocycles. The molecule has 2 aromatic rings. The van der Waals surface area contributed by atoms with Crippen LogP contribution in [-0.2, 0) is 13.1 Å². The molecule has 0 saturated carbocycles. The van der Waals surface area contributed by atoms with Crippen molar-refractivity contribution >= 4 is 0 Å². The van der Waals surface area contributed by atoms with E-state index in [9.17, 15) is 0 Å². The highest BCUT2D eigenvalue weighted by Crippen LogP contribution is 2.37. The second kappa shape index (κ2) is 9.03. The molecule has 0 aliphatic rings. The van der Waals surface area contributed by atoms with Crippen molar-refractivity contribution in [1.82, 2.24) is 0 Å². The van der Waals surface area contributed by atoms with Gasteiger partial charge >= 0.3 is 0 Å². The van der Waals surface area contributed by atoms with Crippen LogP contribution in [0.2, 0.25) is 0 Å². The number of rotatable bonds is 9. The van der Waals surface area contributed by atoms with Crippen LogP contribution in [0.3, 0.4) is 0 Å². The van der Waals surface area contributed by atoms with Gasteiger partial charge in [0.25, 0.3) is 0 Å². The molecule has 0 radical (unpaired) electrons. The lowest BCUT2D eigenvalue weighted by Crippen LogP contribution is -2.80. The Labute approximate surface area is 148 Å². The van der Waals surface area contributed by atoms with Crippen molar-refractivity contribution in [1.29, 1.82) is 0 Å². The molecule has 2 aromatic carbocycles. The normalized spacial score (nSPS) is 10.3. The summed E-state index contributed by atoms with van der Waals surface area (Å²) in [6.07, 6.45) is 0. The molecule has 0 amide bonds. The fourth-order valence-corrected chi connectivity index (χ4v) is 2.64. The van der Waals surface area contributed by atoms with Gasteiger partial charge in [-0.2, -0.15) is 0 Å². The number of quaternary nitrogens is 1. The highest BCUT2D eigenvalue weighted by molar-refractivity contribution is 5.53. The average Bonchev–Trinajstić information content (AvgIpc) is 2.66. The van der Waals surface area contributed by atoms with Gasteiger partial charge in [0.05, 0.1) is 35.5 Å². The largest absolute Gasteiger partial charge is 0.497 e. The number of methoxy groups -OCH3 is 5. The highest BCUT2D eigenvalue weighted by atomic mass is 16.5. The first-order valence-electron chi connectivity index (χ1n) is 7.97. The first-order valence-corrected chi connectivity index (χ1v) is 7.97. The number of hydrogen-bond acceptors (Lipinski definition) is 5. The van der Waals surface area contributed by atoms with Crippen molar-refractivity contribution in [2.75, 3.05) is 35.5 Å². The lowest BCUT2D eigenvalue weighted by molar-refractivity contribution is -0.686. The molecule has 0 unspecified atom stereocenters. The minimum absolute atomic E-state index is 0.603. The zero-order valence-corrected chi connectivity index (χ0v) is 15.4. The van der Waals surface area contributed by atoms with E-state index in [1.165, 1.54) is 0 Å². The van der Waals surface area contributed by atoms with E-state index < -0.39 is 0 Å². The molecular formula is C19H26NO5+. The average molecular weight is 348 g/mol. The second-order valence-electron chi connectivity index (χ2n) is 5.45. The lowest BCUT2D eigenvalue weighted by atomic mass is 10.1. The molecular weight excluding hydrogens is 322 g/mol. The summed E-state index contributed by atoms with van der Waals surface area (Å²) < 4.78 is 26.7. The summed E-state index contributed by atoms with van der Waals surface area (Å²) >= 11 is 0. The third kappa shape index (κ3) is 4.70. The summed E-state index contributed by atoms with van der Waals surface area (Å²) in [6.45, 7) is 1.57. The molecule has 6 nitrogen and oxygen atoms in total. The van der Waals surface area contributed by atoms with E-state index in [-0.39, 0.29) is 0 Å². The standard InChI is InChI=1S/C19H25NO5/c1-21-15-6-13(7-16(10-15)22-2)11-20-12-14-8-17(23-3)19(25-5)18(9-14)24-4/h6-10,20H,11-12H2,1-5H3/p+1. The zero-order valence-electron chi connectivity index (χ0n) is 15.4. The Morgan fingerprint density at radius 2 is 1.08 bits per heavy atom. The van der Waals surface area contributed by atoms with E-state index in [2.05, 4.69) is 5.32 Å². The maximum Gasteiger partial charge on any atom is 0.203 e. The topological polar surface area (TPSA) is 62.8 Å². The minimum atomic E-state index is 0.603. The van der Waals surface area contributed by atoms with E-state index in [0.717, 1.165) is 35.7 Å². The van der Waals surface area contributed by atoms with Gasteiger partial charge in [0.1, 0.15) is 24.6 Å². The van der Waals surface area contributed by atoms with Crippen LogP contribution in [0.25, 0.3) is 0 Å². The van der Waals surface area contributed by atoms with Crippen LogP contribution in [0.1, 0.15) is 11.1 Å².